The molecule has 0 unspecified atom stereocenters. The molecule has 1 N–H and O–H groups in total. The Hall–Kier alpha value is -4.36. The minimum absolute atomic E-state index is 0.0625. The number of carboxylic acid groups (broad SMARTS) is 1. The van der Waals surface area contributed by atoms with E-state index in [0.717, 1.165) is 61.8 Å². The summed E-state index contributed by atoms with van der Waals surface area (Å²) in [4.78, 5) is 25.7. The number of imidazole rings is 1. The van der Waals surface area contributed by atoms with Crippen LogP contribution in [0.25, 0.3) is 11.0 Å². The van der Waals surface area contributed by atoms with Gasteiger partial charge < -0.3 is 24.2 Å². The first-order valence-electron chi connectivity index (χ1n) is 13.9. The van der Waals surface area contributed by atoms with Gasteiger partial charge >= 0.3 is 5.97 Å². The van der Waals surface area contributed by atoms with Crippen LogP contribution < -0.4 is 14.5 Å². The van der Waals surface area contributed by atoms with Gasteiger partial charge in [-0.3, -0.25) is 0 Å². The molecular weight excluding hydrogens is 559 g/mol. The van der Waals surface area contributed by atoms with Crippen molar-refractivity contribution >= 4 is 40.4 Å². The summed E-state index contributed by atoms with van der Waals surface area (Å²) in [6.07, 6.45) is 2.46. The lowest BCUT2D eigenvalue weighted by atomic mass is 9.73. The van der Waals surface area contributed by atoms with E-state index >= 15 is 0 Å². The molecule has 3 fully saturated rings. The molecule has 214 valence electrons. The normalized spacial score (nSPS) is 17.9. The highest BCUT2D eigenvalue weighted by molar-refractivity contribution is 6.31. The lowest BCUT2D eigenvalue weighted by Gasteiger charge is -2.60. The van der Waals surface area contributed by atoms with E-state index < -0.39 is 5.97 Å². The van der Waals surface area contributed by atoms with Crippen LogP contribution in [0.2, 0.25) is 5.02 Å². The number of hydrogen-bond donors (Lipinski definition) is 1. The highest BCUT2D eigenvalue weighted by Gasteiger charge is 2.53. The minimum Gasteiger partial charge on any atom is -0.478 e. The molecule has 0 bridgehead atoms. The van der Waals surface area contributed by atoms with Crippen LogP contribution in [0.4, 0.5) is 16.2 Å². The summed E-state index contributed by atoms with van der Waals surface area (Å²) in [5.41, 5.74) is 2.55. The fraction of sp³-hybridized carbons (Fsp3) is 0.355. The van der Waals surface area contributed by atoms with Crippen molar-refractivity contribution in [2.45, 2.75) is 32.4 Å². The molecular formula is C31H28ClFN6O3. The Kier molecular flexibility index (Phi) is 6.24. The maximum Gasteiger partial charge on any atom is 0.335 e. The molecule has 4 heterocycles. The highest BCUT2D eigenvalue weighted by Crippen LogP contribution is 2.52. The average Bonchev–Trinajstić information content (AvgIpc) is 3.59. The second-order valence-corrected chi connectivity index (χ2v) is 12.3. The van der Waals surface area contributed by atoms with E-state index in [1.165, 1.54) is 12.1 Å². The number of nitriles is 1. The molecule has 0 amide bonds. The van der Waals surface area contributed by atoms with Gasteiger partial charge in [-0.05, 0) is 49.2 Å². The quantitative estimate of drug-likeness (QED) is 0.273. The number of pyridine rings is 1. The molecule has 2 aromatic heterocycles. The van der Waals surface area contributed by atoms with E-state index in [4.69, 9.17) is 21.3 Å². The number of benzene rings is 2. The first-order valence-corrected chi connectivity index (χ1v) is 14.3. The van der Waals surface area contributed by atoms with Crippen LogP contribution in [-0.2, 0) is 13.2 Å². The summed E-state index contributed by atoms with van der Waals surface area (Å²) in [5, 5.41) is 19.3. The van der Waals surface area contributed by atoms with Crippen molar-refractivity contribution in [1.82, 2.24) is 14.5 Å². The third-order valence-electron chi connectivity index (χ3n) is 8.69. The van der Waals surface area contributed by atoms with E-state index in [-0.39, 0.29) is 28.8 Å². The van der Waals surface area contributed by atoms with Crippen LogP contribution in [0.15, 0.2) is 54.6 Å². The Morgan fingerprint density at radius 3 is 2.57 bits per heavy atom. The topological polar surface area (TPSA) is 108 Å². The van der Waals surface area contributed by atoms with Crippen LogP contribution in [0, 0.1) is 28.0 Å². The zero-order valence-corrected chi connectivity index (χ0v) is 23.5. The monoisotopic (exact) mass is 586 g/mol. The summed E-state index contributed by atoms with van der Waals surface area (Å²) in [7, 11) is 0. The van der Waals surface area contributed by atoms with Crippen molar-refractivity contribution in [3.63, 3.8) is 0 Å². The van der Waals surface area contributed by atoms with Crippen molar-refractivity contribution in [1.29, 1.82) is 5.26 Å². The molecule has 2 aromatic carbocycles. The van der Waals surface area contributed by atoms with Crippen LogP contribution >= 0.6 is 11.6 Å². The number of carbonyl (C=O) groups is 1. The number of hydrogen-bond acceptors (Lipinski definition) is 7. The van der Waals surface area contributed by atoms with Crippen molar-refractivity contribution in [3.8, 4) is 11.9 Å². The van der Waals surface area contributed by atoms with Gasteiger partial charge in [0, 0.05) is 61.6 Å². The number of rotatable bonds is 9. The van der Waals surface area contributed by atoms with E-state index in [9.17, 15) is 19.6 Å². The number of anilines is 2. The maximum absolute atomic E-state index is 13.3. The second kappa shape index (κ2) is 9.88. The summed E-state index contributed by atoms with van der Waals surface area (Å²) in [6.45, 7) is 4.23. The SMILES string of the molecule is N#CCC1(Cn2c(N3CC4(CN(c5cccc(OCc6ccc(F)cc6Cl)n5)C4)C3)nc3ccc(C(=O)O)cc32)CC1. The van der Waals surface area contributed by atoms with E-state index in [2.05, 4.69) is 25.4 Å². The fourth-order valence-corrected chi connectivity index (χ4v) is 6.41. The first-order chi connectivity index (χ1) is 20.3. The van der Waals surface area contributed by atoms with E-state index in [1.807, 2.05) is 12.1 Å². The largest absolute Gasteiger partial charge is 0.478 e. The fourth-order valence-electron chi connectivity index (χ4n) is 6.19. The van der Waals surface area contributed by atoms with Crippen LogP contribution in [-0.4, -0.2) is 51.8 Å². The Bertz CT molecular complexity index is 1750. The Labute approximate surface area is 246 Å². The predicted molar refractivity (Wildman–Crippen MR) is 155 cm³/mol. The van der Waals surface area contributed by atoms with Gasteiger partial charge in [-0.2, -0.15) is 10.2 Å². The van der Waals surface area contributed by atoms with Gasteiger partial charge in [-0.15, -0.1) is 0 Å². The van der Waals surface area contributed by atoms with Crippen molar-refractivity contribution < 1.29 is 19.0 Å². The molecule has 11 heteroatoms. The Morgan fingerprint density at radius 2 is 1.86 bits per heavy atom. The van der Waals surface area contributed by atoms with Gasteiger partial charge in [0.25, 0.3) is 0 Å². The molecule has 9 nitrogen and oxygen atoms in total. The molecule has 3 aliphatic rings. The molecule has 0 radical (unpaired) electrons. The first kappa shape index (κ1) is 26.5. The lowest BCUT2D eigenvalue weighted by molar-refractivity contribution is 0.0697. The zero-order valence-electron chi connectivity index (χ0n) is 22.8. The smallest absolute Gasteiger partial charge is 0.335 e. The third-order valence-corrected chi connectivity index (χ3v) is 9.04. The number of aromatic carboxylic acids is 1. The summed E-state index contributed by atoms with van der Waals surface area (Å²) < 4.78 is 21.3. The number of halogens is 2. The Balaban J connectivity index is 1.04. The predicted octanol–water partition coefficient (Wildman–Crippen LogP) is 5.52. The third kappa shape index (κ3) is 4.77. The minimum atomic E-state index is -0.968. The van der Waals surface area contributed by atoms with Crippen LogP contribution in [0.5, 0.6) is 5.88 Å². The molecule has 2 aliphatic heterocycles. The Morgan fingerprint density at radius 1 is 1.07 bits per heavy atom. The summed E-state index contributed by atoms with van der Waals surface area (Å²) in [6, 6.07) is 17.3. The molecule has 0 atom stereocenters. The average molecular weight is 587 g/mol. The molecule has 4 aromatic rings. The van der Waals surface area contributed by atoms with Crippen molar-refractivity contribution in [2.24, 2.45) is 10.8 Å². The zero-order chi connectivity index (χ0) is 29.1. The maximum atomic E-state index is 13.3. The molecule has 42 heavy (non-hydrogen) atoms. The number of aromatic nitrogens is 3. The molecule has 1 spiro atoms. The van der Waals surface area contributed by atoms with Crippen molar-refractivity contribution in [3.05, 3.63) is 76.6 Å². The van der Waals surface area contributed by atoms with Crippen LogP contribution in [0.3, 0.4) is 0 Å². The van der Waals surface area contributed by atoms with Gasteiger partial charge in [0.05, 0.1) is 27.7 Å². The second-order valence-electron chi connectivity index (χ2n) is 11.9. The molecule has 1 saturated carbocycles. The van der Waals surface area contributed by atoms with E-state index in [1.54, 1.807) is 30.3 Å². The van der Waals surface area contributed by atoms with E-state index in [0.29, 0.717) is 29.4 Å². The number of nitrogens with zero attached hydrogens (tertiary/aromatic N) is 6. The lowest BCUT2D eigenvalue weighted by Crippen LogP contribution is -2.73. The molecule has 2 saturated heterocycles. The van der Waals surface area contributed by atoms with Gasteiger partial charge in [-0.1, -0.05) is 23.7 Å². The van der Waals surface area contributed by atoms with Gasteiger partial charge in [0.15, 0.2) is 0 Å². The van der Waals surface area contributed by atoms with Crippen molar-refractivity contribution in [2.75, 3.05) is 36.0 Å². The number of fused-ring (bicyclic) bond motifs is 1. The molecule has 7 rings (SSSR count). The highest BCUT2D eigenvalue weighted by atomic mass is 35.5. The number of carboxylic acids is 1. The number of ether oxygens (including phenoxy) is 1. The molecule has 1 aliphatic carbocycles. The van der Waals surface area contributed by atoms with Crippen LogP contribution in [0.1, 0.15) is 35.2 Å². The van der Waals surface area contributed by atoms with Gasteiger partial charge in [0.1, 0.15) is 18.2 Å². The summed E-state index contributed by atoms with van der Waals surface area (Å²) >= 11 is 6.12. The standard InChI is InChI=1S/C31H28ClFN6O3/c32-23-13-22(33)6-4-21(23)14-42-27-3-1-2-26(36-27)37-15-31(16-37)17-38(18-31)29-35-24-7-5-20(28(40)41)12-25(24)39(29)19-30(8-9-30)10-11-34/h1-7,12-13H,8-10,14-19H2,(H,40,41). The summed E-state index contributed by atoms with van der Waals surface area (Å²) in [5.74, 6) is 0.797. The van der Waals surface area contributed by atoms with Gasteiger partial charge in [-0.25, -0.2) is 14.2 Å². The van der Waals surface area contributed by atoms with Gasteiger partial charge in [0.2, 0.25) is 11.8 Å².